The molecular weight excluding hydrogens is 486 g/mol. The van der Waals surface area contributed by atoms with Gasteiger partial charge in [-0.2, -0.15) is 0 Å². The molecule has 0 unspecified atom stereocenters. The van der Waals surface area contributed by atoms with Crippen molar-refractivity contribution < 1.29 is 68.3 Å². The molecule has 0 aliphatic rings. The van der Waals surface area contributed by atoms with Crippen LogP contribution in [-0.2, 0) is 21.6 Å². The van der Waals surface area contributed by atoms with Gasteiger partial charge in [0, 0.05) is 0 Å². The molecule has 0 saturated heterocycles. The Morgan fingerprint density at radius 2 is 1.50 bits per heavy atom. The number of amides is 1. The number of hydrogen-bond donors (Lipinski definition) is 2. The molecule has 1 amide bonds. The van der Waals surface area contributed by atoms with Gasteiger partial charge in [0.2, 0.25) is 0 Å². The number of rotatable bonds is 6. The van der Waals surface area contributed by atoms with E-state index < -0.39 is 18.2 Å². The molecule has 36 heavy (non-hydrogen) atoms. The largest absolute Gasteiger partial charge is 1.00 e. The van der Waals surface area contributed by atoms with Crippen molar-refractivity contribution in [2.24, 2.45) is 0 Å². The fourth-order valence-electron chi connectivity index (χ4n) is 3.22. The number of carboxylic acid groups (broad SMARTS) is 1. The molecule has 6 nitrogen and oxygen atoms in total. The average molecular weight is 511 g/mol. The number of alkyl halides is 3. The molecule has 0 aliphatic heterocycles. The summed E-state index contributed by atoms with van der Waals surface area (Å²) in [6.45, 7) is 6.49. The van der Waals surface area contributed by atoms with Crippen molar-refractivity contribution in [2.75, 3.05) is 5.32 Å². The summed E-state index contributed by atoms with van der Waals surface area (Å²) in [6.07, 6.45) is -4.80. The second kappa shape index (κ2) is 11.8. The Balaban J connectivity index is 0.00000342. The zero-order valence-corrected chi connectivity index (χ0v) is 22.3. The Morgan fingerprint density at radius 1 is 0.917 bits per heavy atom. The first-order valence-electron chi connectivity index (χ1n) is 10.6. The van der Waals surface area contributed by atoms with Crippen molar-refractivity contribution in [1.82, 2.24) is 0 Å². The maximum atomic E-state index is 12.4. The number of halogens is 3. The monoisotopic (exact) mass is 511 g/mol. The minimum Gasteiger partial charge on any atom is -1.00 e. The van der Waals surface area contributed by atoms with Crippen LogP contribution in [0.4, 0.5) is 18.9 Å². The molecule has 0 aromatic heterocycles. The van der Waals surface area contributed by atoms with E-state index in [0.29, 0.717) is 11.1 Å². The second-order valence-corrected chi connectivity index (χ2v) is 8.78. The van der Waals surface area contributed by atoms with Crippen LogP contribution < -0.4 is 44.3 Å². The number of carbonyl (C=O) groups is 2. The molecule has 0 fully saturated rings. The minimum atomic E-state index is -4.80. The number of nitrogens with one attached hydrogen (secondary N) is 1. The van der Waals surface area contributed by atoms with Gasteiger partial charge in [0.15, 0.2) is 0 Å². The average Bonchev–Trinajstić information content (AvgIpc) is 2.77. The summed E-state index contributed by atoms with van der Waals surface area (Å²) in [6, 6.07) is 17.7. The summed E-state index contributed by atoms with van der Waals surface area (Å²) < 4.78 is 46.9. The quantitative estimate of drug-likeness (QED) is 0.392. The van der Waals surface area contributed by atoms with Gasteiger partial charge in [0.05, 0.1) is 5.69 Å². The van der Waals surface area contributed by atoms with Crippen molar-refractivity contribution in [3.63, 3.8) is 0 Å². The van der Waals surface area contributed by atoms with Crippen LogP contribution in [0.1, 0.15) is 33.3 Å². The van der Waals surface area contributed by atoms with Gasteiger partial charge in [-0.05, 0) is 51.9 Å². The first-order chi connectivity index (χ1) is 16.3. The zero-order chi connectivity index (χ0) is 25.8. The molecule has 0 spiro atoms. The van der Waals surface area contributed by atoms with E-state index in [1.165, 1.54) is 18.2 Å². The first-order valence-corrected chi connectivity index (χ1v) is 10.6. The molecule has 3 aromatic carbocycles. The zero-order valence-electron chi connectivity index (χ0n) is 21.3. The van der Waals surface area contributed by atoms with E-state index in [1.54, 1.807) is 12.1 Å². The van der Waals surface area contributed by atoms with Crippen LogP contribution in [0.25, 0.3) is 11.1 Å². The third-order valence-corrected chi connectivity index (χ3v) is 5.06. The van der Waals surface area contributed by atoms with E-state index in [-0.39, 0.29) is 60.2 Å². The molecule has 2 N–H and O–H groups in total. The number of aliphatic carboxylic acids is 1. The fourth-order valence-corrected chi connectivity index (χ4v) is 3.22. The number of hydrogen-bond acceptors (Lipinski definition) is 4. The number of anilines is 1. The maximum Gasteiger partial charge on any atom is 1.00 e. The SMILES string of the molecule is CC(C)(C)c1ccc(COc2ccc(-c3ccc(OC(F)(F)F)cc3)cc2NC(=O)C(=O)O)cc1.[H-].[Na+]. The van der Waals surface area contributed by atoms with Crippen molar-refractivity contribution in [2.45, 2.75) is 39.2 Å². The molecule has 0 heterocycles. The second-order valence-electron chi connectivity index (χ2n) is 8.78. The Labute approximate surface area is 230 Å². The van der Waals surface area contributed by atoms with Gasteiger partial charge < -0.3 is 21.3 Å². The Hall–Kier alpha value is -3.01. The summed E-state index contributed by atoms with van der Waals surface area (Å²) in [5.41, 5.74) is 3.18. The molecule has 10 heteroatoms. The van der Waals surface area contributed by atoms with Crippen LogP contribution in [0.3, 0.4) is 0 Å². The molecule has 0 bridgehead atoms. The van der Waals surface area contributed by atoms with Gasteiger partial charge in [0.1, 0.15) is 18.1 Å². The molecule has 3 rings (SSSR count). The van der Waals surface area contributed by atoms with Gasteiger partial charge >= 0.3 is 47.8 Å². The smallest absolute Gasteiger partial charge is 1.00 e. The van der Waals surface area contributed by atoms with E-state index in [1.807, 2.05) is 24.3 Å². The van der Waals surface area contributed by atoms with E-state index in [4.69, 9.17) is 9.84 Å². The summed E-state index contributed by atoms with van der Waals surface area (Å²) in [7, 11) is 0. The van der Waals surface area contributed by atoms with E-state index >= 15 is 0 Å². The predicted octanol–water partition coefficient (Wildman–Crippen LogP) is 3.27. The normalized spacial score (nSPS) is 11.3. The molecule has 0 radical (unpaired) electrons. The van der Waals surface area contributed by atoms with Crippen molar-refractivity contribution in [3.8, 4) is 22.6 Å². The first kappa shape index (κ1) is 29.2. The Morgan fingerprint density at radius 3 is 2.03 bits per heavy atom. The third-order valence-electron chi connectivity index (χ3n) is 5.06. The van der Waals surface area contributed by atoms with Gasteiger partial charge in [-0.1, -0.05) is 63.2 Å². The van der Waals surface area contributed by atoms with Crippen LogP contribution in [0, 0.1) is 0 Å². The molecule has 186 valence electrons. The number of carbonyl (C=O) groups excluding carboxylic acids is 1. The molecule has 0 aliphatic carbocycles. The van der Waals surface area contributed by atoms with Crippen LogP contribution in [-0.4, -0.2) is 23.3 Å². The maximum absolute atomic E-state index is 12.4. The molecule has 0 saturated carbocycles. The van der Waals surface area contributed by atoms with Crippen molar-refractivity contribution in [3.05, 3.63) is 77.9 Å². The van der Waals surface area contributed by atoms with Gasteiger partial charge in [0.25, 0.3) is 0 Å². The van der Waals surface area contributed by atoms with Gasteiger partial charge in [-0.3, -0.25) is 4.79 Å². The Bertz CT molecular complexity index is 1210. The topological polar surface area (TPSA) is 84.9 Å². The summed E-state index contributed by atoms with van der Waals surface area (Å²) >= 11 is 0. The van der Waals surface area contributed by atoms with Crippen molar-refractivity contribution >= 4 is 17.6 Å². The summed E-state index contributed by atoms with van der Waals surface area (Å²) in [4.78, 5) is 22.9. The van der Waals surface area contributed by atoms with Crippen LogP contribution >= 0.6 is 0 Å². The molecular formula is C26H25F3NNaO5. The fraction of sp³-hybridized carbons (Fsp3) is 0.231. The van der Waals surface area contributed by atoms with Crippen molar-refractivity contribution in [1.29, 1.82) is 0 Å². The van der Waals surface area contributed by atoms with Crippen LogP contribution in [0.15, 0.2) is 66.7 Å². The minimum absolute atomic E-state index is 0. The standard InChI is InChI=1S/C26H24F3NO5.Na.H/c1-25(2,3)19-9-4-16(5-10-19)15-34-22-13-8-18(14-21(22)30-23(31)24(32)33)17-6-11-20(12-7-17)35-26(27,28)29;;/h4-14H,15H2,1-3H3,(H,30,31)(H,32,33);;/q;+1;-1. The third kappa shape index (κ3) is 8.29. The van der Waals surface area contributed by atoms with E-state index in [2.05, 4.69) is 30.8 Å². The van der Waals surface area contributed by atoms with Crippen LogP contribution in [0.5, 0.6) is 11.5 Å². The Kier molecular flexibility index (Phi) is 9.59. The number of carboxylic acids is 1. The molecule has 3 aromatic rings. The van der Waals surface area contributed by atoms with E-state index in [9.17, 15) is 22.8 Å². The number of benzene rings is 3. The van der Waals surface area contributed by atoms with Crippen LogP contribution in [0.2, 0.25) is 0 Å². The van der Waals surface area contributed by atoms with Gasteiger partial charge in [-0.15, -0.1) is 13.2 Å². The summed E-state index contributed by atoms with van der Waals surface area (Å²) in [5, 5.41) is 11.3. The van der Waals surface area contributed by atoms with Gasteiger partial charge in [-0.25, -0.2) is 4.79 Å². The molecule has 0 atom stereocenters. The van der Waals surface area contributed by atoms with E-state index in [0.717, 1.165) is 23.3 Å². The number of ether oxygens (including phenoxy) is 2. The summed E-state index contributed by atoms with van der Waals surface area (Å²) in [5.74, 6) is -3.07. The predicted molar refractivity (Wildman–Crippen MR) is 125 cm³/mol.